The maximum atomic E-state index is 13.3. The Kier molecular flexibility index (Phi) is 6.03. The molecule has 0 aliphatic heterocycles. The fourth-order valence-electron chi connectivity index (χ4n) is 3.63. The van der Waals surface area contributed by atoms with Crippen molar-refractivity contribution in [3.05, 3.63) is 82.2 Å². The summed E-state index contributed by atoms with van der Waals surface area (Å²) in [4.78, 5) is 13.3. The minimum absolute atomic E-state index is 0.115. The summed E-state index contributed by atoms with van der Waals surface area (Å²) in [6.45, 7) is 2.15. The second-order valence-electron chi connectivity index (χ2n) is 7.23. The Morgan fingerprint density at radius 2 is 1.62 bits per heavy atom. The van der Waals surface area contributed by atoms with Crippen molar-refractivity contribution in [2.45, 2.75) is 13.5 Å². The molecule has 32 heavy (non-hydrogen) atoms. The molecule has 0 amide bonds. The second kappa shape index (κ2) is 9.06. The van der Waals surface area contributed by atoms with Crippen LogP contribution in [0.4, 0.5) is 0 Å². The first-order chi connectivity index (χ1) is 15.5. The molecule has 4 aromatic rings. The van der Waals surface area contributed by atoms with Crippen LogP contribution in [0, 0.1) is 6.92 Å². The highest BCUT2D eigenvalue weighted by Crippen LogP contribution is 2.33. The van der Waals surface area contributed by atoms with Gasteiger partial charge >= 0.3 is 0 Å². The van der Waals surface area contributed by atoms with Gasteiger partial charge in [0, 0.05) is 6.07 Å². The third kappa shape index (κ3) is 4.12. The van der Waals surface area contributed by atoms with Crippen LogP contribution in [0.3, 0.4) is 0 Å². The van der Waals surface area contributed by atoms with E-state index in [9.17, 15) is 4.79 Å². The highest BCUT2D eigenvalue weighted by Gasteiger charge is 2.16. The Bertz CT molecular complexity index is 1320. The van der Waals surface area contributed by atoms with E-state index >= 15 is 0 Å². The van der Waals surface area contributed by atoms with Crippen LogP contribution < -0.4 is 24.4 Å². The van der Waals surface area contributed by atoms with Crippen LogP contribution in [-0.2, 0) is 6.61 Å². The van der Waals surface area contributed by atoms with Crippen molar-refractivity contribution in [3.8, 4) is 34.1 Å². The van der Waals surface area contributed by atoms with Gasteiger partial charge < -0.3 is 23.4 Å². The van der Waals surface area contributed by atoms with Gasteiger partial charge in [-0.05, 0) is 54.4 Å². The van der Waals surface area contributed by atoms with Crippen molar-refractivity contribution in [1.29, 1.82) is 0 Å². The Balaban J connectivity index is 1.67. The Labute approximate surface area is 185 Å². The van der Waals surface area contributed by atoms with Crippen LogP contribution in [0.5, 0.6) is 23.0 Å². The predicted molar refractivity (Wildman–Crippen MR) is 123 cm³/mol. The van der Waals surface area contributed by atoms with Gasteiger partial charge in [-0.1, -0.05) is 18.2 Å². The second-order valence-corrected chi connectivity index (χ2v) is 7.23. The van der Waals surface area contributed by atoms with E-state index in [4.69, 9.17) is 23.4 Å². The number of benzene rings is 3. The summed E-state index contributed by atoms with van der Waals surface area (Å²) in [5.41, 5.74) is 2.53. The summed E-state index contributed by atoms with van der Waals surface area (Å²) in [5, 5.41) is 0.481. The van der Waals surface area contributed by atoms with Crippen LogP contribution >= 0.6 is 0 Å². The van der Waals surface area contributed by atoms with Crippen molar-refractivity contribution < 1.29 is 23.4 Å². The molecule has 0 saturated carbocycles. The van der Waals surface area contributed by atoms with Crippen LogP contribution in [0.1, 0.15) is 11.3 Å². The number of aryl methyl sites for hydroxylation is 1. The first-order valence-electron chi connectivity index (χ1n) is 10.1. The van der Waals surface area contributed by atoms with Crippen molar-refractivity contribution in [3.63, 3.8) is 0 Å². The number of ether oxygens (including phenoxy) is 4. The zero-order valence-electron chi connectivity index (χ0n) is 18.4. The summed E-state index contributed by atoms with van der Waals surface area (Å²) in [6.07, 6.45) is 0. The number of hydrogen-bond acceptors (Lipinski definition) is 6. The number of fused-ring (bicyclic) bond motifs is 1. The molecule has 0 N–H and O–H groups in total. The molecule has 0 fully saturated rings. The molecule has 0 atom stereocenters. The molecule has 3 aromatic carbocycles. The van der Waals surface area contributed by atoms with E-state index in [1.165, 1.54) is 0 Å². The molecule has 6 heteroatoms. The van der Waals surface area contributed by atoms with E-state index < -0.39 is 0 Å². The zero-order chi connectivity index (χ0) is 22.7. The topological polar surface area (TPSA) is 67.1 Å². The van der Waals surface area contributed by atoms with E-state index in [0.717, 1.165) is 11.3 Å². The zero-order valence-corrected chi connectivity index (χ0v) is 18.4. The standard InChI is InChI=1S/C26H24O6/c1-16-25(18-8-11-22(29-3)24(13-18)30-4)26(27)21-10-9-20(14-23(21)32-16)31-15-17-6-5-7-19(12-17)28-2/h5-14H,15H2,1-4H3. The van der Waals surface area contributed by atoms with Gasteiger partial charge in [-0.25, -0.2) is 0 Å². The molecule has 1 heterocycles. The molecule has 0 aliphatic carbocycles. The highest BCUT2D eigenvalue weighted by atomic mass is 16.5. The summed E-state index contributed by atoms with van der Waals surface area (Å²) in [5.74, 6) is 3.04. The van der Waals surface area contributed by atoms with Gasteiger partial charge in [-0.3, -0.25) is 4.79 Å². The third-order valence-corrected chi connectivity index (χ3v) is 5.25. The minimum Gasteiger partial charge on any atom is -0.497 e. The monoisotopic (exact) mass is 432 g/mol. The van der Waals surface area contributed by atoms with E-state index in [-0.39, 0.29) is 5.43 Å². The summed E-state index contributed by atoms with van der Waals surface area (Å²) >= 11 is 0. The largest absolute Gasteiger partial charge is 0.497 e. The van der Waals surface area contributed by atoms with Crippen LogP contribution in [0.15, 0.2) is 69.9 Å². The van der Waals surface area contributed by atoms with E-state index in [0.29, 0.717) is 51.7 Å². The van der Waals surface area contributed by atoms with Crippen molar-refractivity contribution in [2.75, 3.05) is 21.3 Å². The fourth-order valence-corrected chi connectivity index (χ4v) is 3.63. The molecule has 0 radical (unpaired) electrons. The van der Waals surface area contributed by atoms with Gasteiger partial charge in [-0.15, -0.1) is 0 Å². The van der Waals surface area contributed by atoms with Gasteiger partial charge in [0.2, 0.25) is 5.43 Å². The molecule has 6 nitrogen and oxygen atoms in total. The minimum atomic E-state index is -0.115. The van der Waals surface area contributed by atoms with E-state index in [2.05, 4.69) is 0 Å². The molecule has 0 bridgehead atoms. The van der Waals surface area contributed by atoms with Crippen LogP contribution in [0.25, 0.3) is 22.1 Å². The fraction of sp³-hybridized carbons (Fsp3) is 0.192. The van der Waals surface area contributed by atoms with Gasteiger partial charge in [0.05, 0.1) is 32.3 Å². The lowest BCUT2D eigenvalue weighted by molar-refractivity contribution is 0.305. The average Bonchev–Trinajstić information content (AvgIpc) is 2.82. The number of hydrogen-bond donors (Lipinski definition) is 0. The summed E-state index contributed by atoms with van der Waals surface area (Å²) in [7, 11) is 4.76. The Hall–Kier alpha value is -3.93. The van der Waals surface area contributed by atoms with Crippen molar-refractivity contribution in [1.82, 2.24) is 0 Å². The van der Waals surface area contributed by atoms with Crippen molar-refractivity contribution in [2.24, 2.45) is 0 Å². The maximum absolute atomic E-state index is 13.3. The summed E-state index contributed by atoms with van der Waals surface area (Å²) < 4.78 is 27.8. The SMILES string of the molecule is COc1cccc(COc2ccc3c(=O)c(-c4ccc(OC)c(OC)c4)c(C)oc3c2)c1. The predicted octanol–water partition coefficient (Wildman–Crippen LogP) is 5.37. The maximum Gasteiger partial charge on any atom is 0.200 e. The molecular formula is C26H24O6. The third-order valence-electron chi connectivity index (χ3n) is 5.25. The quantitative estimate of drug-likeness (QED) is 0.391. The lowest BCUT2D eigenvalue weighted by Gasteiger charge is -2.12. The van der Waals surface area contributed by atoms with Crippen LogP contribution in [0.2, 0.25) is 0 Å². The Morgan fingerprint density at radius 3 is 2.38 bits per heavy atom. The van der Waals surface area contributed by atoms with E-state index in [1.807, 2.05) is 30.3 Å². The molecule has 1 aromatic heterocycles. The van der Waals surface area contributed by atoms with Crippen molar-refractivity contribution >= 4 is 11.0 Å². The number of rotatable bonds is 7. The van der Waals surface area contributed by atoms with Gasteiger partial charge in [0.25, 0.3) is 0 Å². The molecule has 0 aliphatic rings. The molecule has 0 spiro atoms. The lowest BCUT2D eigenvalue weighted by Crippen LogP contribution is -2.08. The average molecular weight is 432 g/mol. The van der Waals surface area contributed by atoms with Crippen LogP contribution in [-0.4, -0.2) is 21.3 Å². The highest BCUT2D eigenvalue weighted by molar-refractivity contribution is 5.84. The van der Waals surface area contributed by atoms with Gasteiger partial charge in [-0.2, -0.15) is 0 Å². The van der Waals surface area contributed by atoms with Gasteiger partial charge in [0.15, 0.2) is 11.5 Å². The normalized spacial score (nSPS) is 10.8. The first kappa shape index (κ1) is 21.3. The molecule has 164 valence electrons. The smallest absolute Gasteiger partial charge is 0.200 e. The molecular weight excluding hydrogens is 408 g/mol. The molecule has 0 saturated heterocycles. The summed E-state index contributed by atoms with van der Waals surface area (Å²) in [6, 6.07) is 18.3. The van der Waals surface area contributed by atoms with Gasteiger partial charge in [0.1, 0.15) is 29.4 Å². The first-order valence-corrected chi connectivity index (χ1v) is 10.1. The lowest BCUT2D eigenvalue weighted by atomic mass is 10.0. The Morgan fingerprint density at radius 1 is 0.812 bits per heavy atom. The van der Waals surface area contributed by atoms with E-state index in [1.54, 1.807) is 58.6 Å². The number of methoxy groups -OCH3 is 3. The molecule has 0 unspecified atom stereocenters. The molecule has 4 rings (SSSR count).